The smallest absolute Gasteiger partial charge is 0.225 e. The van der Waals surface area contributed by atoms with Crippen molar-refractivity contribution in [3.8, 4) is 0 Å². The minimum Gasteiger partial charge on any atom is -0.340 e. The number of nitrogens with zero attached hydrogens (tertiary/aromatic N) is 3. The lowest BCUT2D eigenvalue weighted by molar-refractivity contribution is 0.779. The molecule has 0 saturated carbocycles. The Balaban J connectivity index is 2.01. The zero-order valence-corrected chi connectivity index (χ0v) is 10.2. The van der Waals surface area contributed by atoms with Crippen LogP contribution in [-0.2, 0) is 6.42 Å². The van der Waals surface area contributed by atoms with Crippen molar-refractivity contribution in [1.82, 2.24) is 9.97 Å². The number of anilines is 1. The summed E-state index contributed by atoms with van der Waals surface area (Å²) in [6.45, 7) is 2.78. The second-order valence-corrected chi connectivity index (χ2v) is 5.11. The van der Waals surface area contributed by atoms with Crippen LogP contribution in [0.2, 0.25) is 0 Å². The highest BCUT2D eigenvalue weighted by Crippen LogP contribution is 2.14. The Morgan fingerprint density at radius 3 is 2.81 bits per heavy atom. The van der Waals surface area contributed by atoms with Crippen molar-refractivity contribution < 1.29 is 0 Å². The third-order valence-electron chi connectivity index (χ3n) is 2.63. The number of aromatic nitrogens is 2. The second kappa shape index (κ2) is 6.06. The number of thioether (sulfide) groups is 1. The summed E-state index contributed by atoms with van der Waals surface area (Å²) in [4.78, 5) is 11.1. The van der Waals surface area contributed by atoms with E-state index in [1.165, 1.54) is 17.9 Å². The summed E-state index contributed by atoms with van der Waals surface area (Å²) in [6.07, 6.45) is 5.87. The van der Waals surface area contributed by atoms with E-state index in [0.29, 0.717) is 6.54 Å². The standard InChI is InChI=1S/C11H18N4S/c12-3-2-10-8-13-11(14-9-10)15-4-1-6-16-7-5-15/h8-9H,1-7,12H2. The Bertz CT molecular complexity index is 306. The lowest BCUT2D eigenvalue weighted by Crippen LogP contribution is -2.27. The van der Waals surface area contributed by atoms with Crippen molar-refractivity contribution >= 4 is 17.7 Å². The van der Waals surface area contributed by atoms with E-state index in [0.717, 1.165) is 31.0 Å². The number of hydrogen-bond donors (Lipinski definition) is 1. The zero-order valence-electron chi connectivity index (χ0n) is 9.43. The Morgan fingerprint density at radius 2 is 2.06 bits per heavy atom. The molecule has 0 spiro atoms. The lowest BCUT2D eigenvalue weighted by Gasteiger charge is -2.19. The SMILES string of the molecule is NCCc1cnc(N2CCCSCC2)nc1. The Morgan fingerprint density at radius 1 is 1.25 bits per heavy atom. The van der Waals surface area contributed by atoms with E-state index < -0.39 is 0 Å². The maximum atomic E-state index is 5.49. The molecule has 1 aliphatic rings. The molecule has 0 aromatic carbocycles. The second-order valence-electron chi connectivity index (χ2n) is 3.88. The van der Waals surface area contributed by atoms with Gasteiger partial charge in [0.2, 0.25) is 5.95 Å². The van der Waals surface area contributed by atoms with Gasteiger partial charge in [0.05, 0.1) is 0 Å². The quantitative estimate of drug-likeness (QED) is 0.848. The molecule has 1 aliphatic heterocycles. The van der Waals surface area contributed by atoms with Gasteiger partial charge in [-0.05, 0) is 30.7 Å². The van der Waals surface area contributed by atoms with Crippen molar-refractivity contribution in [1.29, 1.82) is 0 Å². The summed E-state index contributed by atoms with van der Waals surface area (Å²) in [7, 11) is 0. The van der Waals surface area contributed by atoms with E-state index in [4.69, 9.17) is 5.73 Å². The van der Waals surface area contributed by atoms with Gasteiger partial charge in [-0.1, -0.05) is 0 Å². The van der Waals surface area contributed by atoms with Crippen LogP contribution in [0.4, 0.5) is 5.95 Å². The first-order valence-corrected chi connectivity index (χ1v) is 6.89. The first kappa shape index (κ1) is 11.7. The van der Waals surface area contributed by atoms with Gasteiger partial charge in [-0.3, -0.25) is 0 Å². The summed E-state index contributed by atoms with van der Waals surface area (Å²) in [6, 6.07) is 0. The topological polar surface area (TPSA) is 55.0 Å². The lowest BCUT2D eigenvalue weighted by atomic mass is 10.2. The van der Waals surface area contributed by atoms with Crippen LogP contribution in [0.3, 0.4) is 0 Å². The van der Waals surface area contributed by atoms with Crippen LogP contribution >= 0.6 is 11.8 Å². The molecule has 88 valence electrons. The monoisotopic (exact) mass is 238 g/mol. The molecule has 0 bridgehead atoms. The molecule has 4 nitrogen and oxygen atoms in total. The highest BCUT2D eigenvalue weighted by molar-refractivity contribution is 7.99. The van der Waals surface area contributed by atoms with Gasteiger partial charge in [-0.2, -0.15) is 11.8 Å². The number of nitrogens with two attached hydrogens (primary N) is 1. The van der Waals surface area contributed by atoms with E-state index in [9.17, 15) is 0 Å². The molecule has 5 heteroatoms. The maximum Gasteiger partial charge on any atom is 0.225 e. The van der Waals surface area contributed by atoms with Crippen molar-refractivity contribution in [2.75, 3.05) is 36.0 Å². The molecule has 2 heterocycles. The number of hydrogen-bond acceptors (Lipinski definition) is 5. The molecule has 1 saturated heterocycles. The average molecular weight is 238 g/mol. The predicted octanol–water partition coefficient (Wildman–Crippen LogP) is 0.921. The summed E-state index contributed by atoms with van der Waals surface area (Å²) in [5, 5.41) is 0. The van der Waals surface area contributed by atoms with Crippen LogP contribution in [0.15, 0.2) is 12.4 Å². The van der Waals surface area contributed by atoms with Gasteiger partial charge in [0.15, 0.2) is 0 Å². The van der Waals surface area contributed by atoms with Crippen LogP contribution in [0.1, 0.15) is 12.0 Å². The summed E-state index contributed by atoms with van der Waals surface area (Å²) >= 11 is 2.01. The van der Waals surface area contributed by atoms with E-state index in [1.54, 1.807) is 0 Å². The maximum absolute atomic E-state index is 5.49. The van der Waals surface area contributed by atoms with Crippen LogP contribution in [0.25, 0.3) is 0 Å². The Kier molecular flexibility index (Phi) is 4.42. The summed E-state index contributed by atoms with van der Waals surface area (Å²) < 4.78 is 0. The predicted molar refractivity (Wildman–Crippen MR) is 68.9 cm³/mol. The zero-order chi connectivity index (χ0) is 11.2. The minimum atomic E-state index is 0.656. The van der Waals surface area contributed by atoms with Gasteiger partial charge in [0, 0.05) is 31.2 Å². The molecule has 0 unspecified atom stereocenters. The molecule has 0 aliphatic carbocycles. The van der Waals surface area contributed by atoms with Crippen molar-refractivity contribution in [3.63, 3.8) is 0 Å². The summed E-state index contributed by atoms with van der Waals surface area (Å²) in [5.41, 5.74) is 6.61. The molecule has 0 amide bonds. The average Bonchev–Trinajstić information content (AvgIpc) is 2.59. The Hall–Kier alpha value is -0.810. The van der Waals surface area contributed by atoms with E-state index in [-0.39, 0.29) is 0 Å². The number of rotatable bonds is 3. The fraction of sp³-hybridized carbons (Fsp3) is 0.636. The first-order chi connectivity index (χ1) is 7.90. The molecular weight excluding hydrogens is 220 g/mol. The van der Waals surface area contributed by atoms with Gasteiger partial charge < -0.3 is 10.6 Å². The third-order valence-corrected chi connectivity index (χ3v) is 3.68. The minimum absolute atomic E-state index is 0.656. The molecule has 2 rings (SSSR count). The molecule has 1 aromatic rings. The molecular formula is C11H18N4S. The first-order valence-electron chi connectivity index (χ1n) is 5.74. The molecule has 16 heavy (non-hydrogen) atoms. The van der Waals surface area contributed by atoms with Gasteiger partial charge >= 0.3 is 0 Å². The summed E-state index contributed by atoms with van der Waals surface area (Å²) in [5.74, 6) is 3.29. The fourth-order valence-electron chi connectivity index (χ4n) is 1.75. The van der Waals surface area contributed by atoms with Crippen molar-refractivity contribution in [2.24, 2.45) is 5.73 Å². The Labute approximate surface area is 101 Å². The third kappa shape index (κ3) is 3.09. The van der Waals surface area contributed by atoms with E-state index in [1.807, 2.05) is 24.2 Å². The molecule has 2 N–H and O–H groups in total. The van der Waals surface area contributed by atoms with Gasteiger partial charge in [-0.25, -0.2) is 9.97 Å². The highest BCUT2D eigenvalue weighted by atomic mass is 32.2. The van der Waals surface area contributed by atoms with Gasteiger partial charge in [0.1, 0.15) is 0 Å². The largest absolute Gasteiger partial charge is 0.340 e. The molecule has 0 atom stereocenters. The van der Waals surface area contributed by atoms with Crippen LogP contribution in [0.5, 0.6) is 0 Å². The van der Waals surface area contributed by atoms with Crippen LogP contribution in [-0.4, -0.2) is 41.1 Å². The van der Waals surface area contributed by atoms with E-state index in [2.05, 4.69) is 14.9 Å². The molecule has 0 radical (unpaired) electrons. The van der Waals surface area contributed by atoms with Gasteiger partial charge in [0.25, 0.3) is 0 Å². The van der Waals surface area contributed by atoms with E-state index >= 15 is 0 Å². The molecule has 1 aromatic heterocycles. The highest BCUT2D eigenvalue weighted by Gasteiger charge is 2.11. The fourth-order valence-corrected chi connectivity index (χ4v) is 2.64. The van der Waals surface area contributed by atoms with Gasteiger partial charge in [-0.15, -0.1) is 0 Å². The van der Waals surface area contributed by atoms with Crippen LogP contribution in [0, 0.1) is 0 Å². The van der Waals surface area contributed by atoms with Crippen molar-refractivity contribution in [2.45, 2.75) is 12.8 Å². The van der Waals surface area contributed by atoms with Crippen LogP contribution < -0.4 is 10.6 Å². The normalized spacial score (nSPS) is 17.2. The van der Waals surface area contributed by atoms with Crippen molar-refractivity contribution in [3.05, 3.63) is 18.0 Å². The molecule has 1 fully saturated rings.